The van der Waals surface area contributed by atoms with E-state index in [-0.39, 0.29) is 5.54 Å². The van der Waals surface area contributed by atoms with Crippen LogP contribution in [0.1, 0.15) is 51.4 Å². The second-order valence-electron chi connectivity index (χ2n) is 7.22. The van der Waals surface area contributed by atoms with Crippen LogP contribution in [-0.4, -0.2) is 39.4 Å². The Labute approximate surface area is 133 Å². The molecule has 1 fully saturated rings. The molecule has 120 valence electrons. The molecule has 0 spiro atoms. The van der Waals surface area contributed by atoms with Gasteiger partial charge in [0.1, 0.15) is 0 Å². The molecule has 1 aliphatic rings. The van der Waals surface area contributed by atoms with E-state index < -0.39 is 0 Å². The van der Waals surface area contributed by atoms with Crippen molar-refractivity contribution in [2.24, 2.45) is 7.05 Å². The molecule has 0 radical (unpaired) electrons. The number of hydrogen-bond acceptors (Lipinski definition) is 3. The summed E-state index contributed by atoms with van der Waals surface area (Å²) >= 11 is 6.41. The first-order valence-corrected chi connectivity index (χ1v) is 8.33. The zero-order valence-electron chi connectivity index (χ0n) is 14.0. The Morgan fingerprint density at radius 2 is 2.05 bits per heavy atom. The molecular weight excluding hydrogens is 284 g/mol. The van der Waals surface area contributed by atoms with E-state index in [9.17, 15) is 0 Å². The average molecular weight is 313 g/mol. The molecule has 1 N–H and O–H groups in total. The quantitative estimate of drug-likeness (QED) is 0.927. The molecule has 0 amide bonds. The van der Waals surface area contributed by atoms with Crippen LogP contribution in [-0.2, 0) is 13.6 Å². The molecule has 1 aliphatic heterocycles. The van der Waals surface area contributed by atoms with Gasteiger partial charge in [0.2, 0.25) is 0 Å². The summed E-state index contributed by atoms with van der Waals surface area (Å²) in [7, 11) is 1.99. The number of hydrogen-bond donors (Lipinski definition) is 1. The van der Waals surface area contributed by atoms with Crippen LogP contribution in [0.4, 0.5) is 0 Å². The summed E-state index contributed by atoms with van der Waals surface area (Å²) in [5.74, 6) is 0. The van der Waals surface area contributed by atoms with E-state index in [0.717, 1.165) is 36.0 Å². The molecule has 1 unspecified atom stereocenters. The highest BCUT2D eigenvalue weighted by molar-refractivity contribution is 6.31. The summed E-state index contributed by atoms with van der Waals surface area (Å²) in [5.41, 5.74) is 2.23. The van der Waals surface area contributed by atoms with E-state index in [1.807, 2.05) is 18.7 Å². The van der Waals surface area contributed by atoms with Gasteiger partial charge in [0.05, 0.1) is 16.4 Å². The molecule has 0 saturated carbocycles. The Balaban J connectivity index is 2.05. The van der Waals surface area contributed by atoms with Crippen LogP contribution in [0, 0.1) is 6.92 Å². The van der Waals surface area contributed by atoms with Crippen LogP contribution in [0.3, 0.4) is 0 Å². The summed E-state index contributed by atoms with van der Waals surface area (Å²) in [6.07, 6.45) is 3.86. The molecule has 1 saturated heterocycles. The third kappa shape index (κ3) is 4.44. The Kier molecular flexibility index (Phi) is 5.33. The van der Waals surface area contributed by atoms with E-state index in [4.69, 9.17) is 11.6 Å². The molecule has 2 heterocycles. The lowest BCUT2D eigenvalue weighted by atomic mass is 10.00. The summed E-state index contributed by atoms with van der Waals surface area (Å²) in [4.78, 5) is 2.56. The van der Waals surface area contributed by atoms with Gasteiger partial charge in [-0.3, -0.25) is 9.58 Å². The van der Waals surface area contributed by atoms with Gasteiger partial charge in [0, 0.05) is 31.7 Å². The molecule has 5 heteroatoms. The van der Waals surface area contributed by atoms with E-state index in [0.29, 0.717) is 6.04 Å². The molecule has 1 atom stereocenters. The third-order valence-corrected chi connectivity index (χ3v) is 4.72. The number of nitrogens with zero attached hydrogens (tertiary/aromatic N) is 3. The summed E-state index contributed by atoms with van der Waals surface area (Å²) in [6.45, 7) is 11.7. The second kappa shape index (κ2) is 6.67. The zero-order chi connectivity index (χ0) is 15.6. The van der Waals surface area contributed by atoms with Crippen molar-refractivity contribution >= 4 is 11.6 Å². The van der Waals surface area contributed by atoms with Crippen molar-refractivity contribution < 1.29 is 0 Å². The van der Waals surface area contributed by atoms with Gasteiger partial charge in [-0.05, 0) is 47.1 Å². The smallest absolute Gasteiger partial charge is 0.0860 e. The van der Waals surface area contributed by atoms with Crippen molar-refractivity contribution in [3.63, 3.8) is 0 Å². The van der Waals surface area contributed by atoms with Crippen molar-refractivity contribution in [3.8, 4) is 0 Å². The maximum absolute atomic E-state index is 6.41. The van der Waals surface area contributed by atoms with Crippen molar-refractivity contribution in [3.05, 3.63) is 16.4 Å². The fourth-order valence-corrected chi connectivity index (χ4v) is 3.19. The molecule has 21 heavy (non-hydrogen) atoms. The van der Waals surface area contributed by atoms with Gasteiger partial charge in [-0.15, -0.1) is 0 Å². The van der Waals surface area contributed by atoms with Crippen molar-refractivity contribution in [1.82, 2.24) is 20.0 Å². The van der Waals surface area contributed by atoms with Crippen LogP contribution >= 0.6 is 11.6 Å². The van der Waals surface area contributed by atoms with Crippen LogP contribution in [0.5, 0.6) is 0 Å². The molecule has 0 aromatic carbocycles. The maximum atomic E-state index is 6.41. The first-order valence-electron chi connectivity index (χ1n) is 7.95. The van der Waals surface area contributed by atoms with Crippen molar-refractivity contribution in [2.75, 3.05) is 13.1 Å². The highest BCUT2D eigenvalue weighted by Crippen LogP contribution is 2.25. The lowest BCUT2D eigenvalue weighted by Crippen LogP contribution is -2.49. The molecular formula is C16H29ClN4. The fourth-order valence-electron chi connectivity index (χ4n) is 2.97. The van der Waals surface area contributed by atoms with Gasteiger partial charge in [0.25, 0.3) is 0 Å². The first-order chi connectivity index (χ1) is 9.78. The molecule has 2 rings (SSSR count). The van der Waals surface area contributed by atoms with Gasteiger partial charge >= 0.3 is 0 Å². The number of halogens is 1. The van der Waals surface area contributed by atoms with Crippen molar-refractivity contribution in [2.45, 2.75) is 65.1 Å². The predicted molar refractivity (Wildman–Crippen MR) is 88.8 cm³/mol. The number of nitrogens with one attached hydrogen (secondary N) is 1. The minimum Gasteiger partial charge on any atom is -0.311 e. The Bertz CT molecular complexity index is 475. The highest BCUT2D eigenvalue weighted by atomic mass is 35.5. The lowest BCUT2D eigenvalue weighted by molar-refractivity contribution is 0.128. The van der Waals surface area contributed by atoms with Crippen LogP contribution < -0.4 is 5.32 Å². The summed E-state index contributed by atoms with van der Waals surface area (Å²) in [6, 6.07) is 0.587. The number of piperidine rings is 1. The number of likely N-dealkylation sites (tertiary alicyclic amines) is 1. The van der Waals surface area contributed by atoms with Gasteiger partial charge < -0.3 is 5.32 Å². The standard InChI is InChI=1S/C16H29ClN4/c1-12-15(17)14(20(5)19-12)11-21-9-7-6-8-13(21)10-18-16(2,3)4/h13,18H,6-11H2,1-5H3. The van der Waals surface area contributed by atoms with Gasteiger partial charge in [0.15, 0.2) is 0 Å². The Hall–Kier alpha value is -0.580. The van der Waals surface area contributed by atoms with E-state index in [2.05, 4.69) is 36.1 Å². The van der Waals surface area contributed by atoms with Gasteiger partial charge in [-0.2, -0.15) is 5.10 Å². The molecule has 1 aromatic heterocycles. The largest absolute Gasteiger partial charge is 0.311 e. The molecule has 0 aliphatic carbocycles. The van der Waals surface area contributed by atoms with E-state index >= 15 is 0 Å². The van der Waals surface area contributed by atoms with Crippen molar-refractivity contribution in [1.29, 1.82) is 0 Å². The monoisotopic (exact) mass is 312 g/mol. The van der Waals surface area contributed by atoms with Gasteiger partial charge in [-0.25, -0.2) is 0 Å². The summed E-state index contributed by atoms with van der Waals surface area (Å²) < 4.78 is 1.93. The number of aromatic nitrogens is 2. The van der Waals surface area contributed by atoms with Crippen LogP contribution in [0.25, 0.3) is 0 Å². The third-order valence-electron chi connectivity index (χ3n) is 4.23. The maximum Gasteiger partial charge on any atom is 0.0860 e. The van der Waals surface area contributed by atoms with E-state index in [1.165, 1.54) is 19.3 Å². The zero-order valence-corrected chi connectivity index (χ0v) is 14.8. The lowest BCUT2D eigenvalue weighted by Gasteiger charge is -2.37. The SMILES string of the molecule is Cc1nn(C)c(CN2CCCCC2CNC(C)(C)C)c1Cl. The topological polar surface area (TPSA) is 33.1 Å². The predicted octanol–water partition coefficient (Wildman–Crippen LogP) is 3.12. The van der Waals surface area contributed by atoms with Gasteiger partial charge in [-0.1, -0.05) is 18.0 Å². The summed E-state index contributed by atoms with van der Waals surface area (Å²) in [5, 5.41) is 8.90. The highest BCUT2D eigenvalue weighted by Gasteiger charge is 2.25. The Morgan fingerprint density at radius 1 is 1.33 bits per heavy atom. The minimum atomic E-state index is 0.171. The normalized spacial score (nSPS) is 21.0. The first kappa shape index (κ1) is 16.8. The van der Waals surface area contributed by atoms with Crippen LogP contribution in [0.15, 0.2) is 0 Å². The number of rotatable bonds is 4. The molecule has 1 aromatic rings. The minimum absolute atomic E-state index is 0.171. The van der Waals surface area contributed by atoms with Crippen LogP contribution in [0.2, 0.25) is 5.02 Å². The average Bonchev–Trinajstić information content (AvgIpc) is 2.63. The van der Waals surface area contributed by atoms with E-state index in [1.54, 1.807) is 0 Å². The fraction of sp³-hybridized carbons (Fsp3) is 0.812. The Morgan fingerprint density at radius 3 is 2.62 bits per heavy atom. The molecule has 4 nitrogen and oxygen atoms in total. The second-order valence-corrected chi connectivity index (χ2v) is 7.60. The molecule has 0 bridgehead atoms. The number of aryl methyl sites for hydroxylation is 2.